The fourth-order valence-electron chi connectivity index (χ4n) is 2.34. The third-order valence-electron chi connectivity index (χ3n) is 3.23. The third-order valence-corrected chi connectivity index (χ3v) is 3.77. The molecule has 0 amide bonds. The van der Waals surface area contributed by atoms with E-state index in [-0.39, 0.29) is 0 Å². The molecular formula is C14H13Cl2N3. The summed E-state index contributed by atoms with van der Waals surface area (Å²) in [5.74, 6) is 0. The van der Waals surface area contributed by atoms with E-state index in [9.17, 15) is 0 Å². The number of aromatic nitrogens is 3. The number of rotatable bonds is 2. The van der Waals surface area contributed by atoms with Gasteiger partial charge >= 0.3 is 0 Å². The molecule has 5 heteroatoms. The summed E-state index contributed by atoms with van der Waals surface area (Å²) < 4.78 is 4.02. The smallest absolute Gasteiger partial charge is 0.0645 e. The molecule has 3 nitrogen and oxygen atoms in total. The lowest BCUT2D eigenvalue weighted by Crippen LogP contribution is -2.04. The van der Waals surface area contributed by atoms with Crippen molar-refractivity contribution in [2.75, 3.05) is 0 Å². The van der Waals surface area contributed by atoms with Crippen LogP contribution in [0.1, 0.15) is 11.4 Å². The van der Waals surface area contributed by atoms with Gasteiger partial charge in [0.1, 0.15) is 0 Å². The van der Waals surface area contributed by atoms with E-state index < -0.39 is 0 Å². The maximum atomic E-state index is 6.20. The fraction of sp³-hybridized carbons (Fsp3) is 0.214. The van der Waals surface area contributed by atoms with Gasteiger partial charge in [-0.05, 0) is 31.2 Å². The van der Waals surface area contributed by atoms with Crippen molar-refractivity contribution < 1.29 is 0 Å². The van der Waals surface area contributed by atoms with Gasteiger partial charge in [0.05, 0.1) is 28.5 Å². The molecule has 3 aromatic rings. The first kappa shape index (κ1) is 12.6. The molecule has 0 radical (unpaired) electrons. The van der Waals surface area contributed by atoms with Crippen molar-refractivity contribution in [2.45, 2.75) is 13.5 Å². The average molecular weight is 294 g/mol. The highest BCUT2D eigenvalue weighted by atomic mass is 35.5. The monoisotopic (exact) mass is 293 g/mol. The van der Waals surface area contributed by atoms with Crippen molar-refractivity contribution in [3.63, 3.8) is 0 Å². The summed E-state index contributed by atoms with van der Waals surface area (Å²) in [6, 6.07) is 7.80. The van der Waals surface area contributed by atoms with Crippen LogP contribution in [-0.2, 0) is 13.6 Å². The molecule has 0 bridgehead atoms. The number of nitrogens with zero attached hydrogens (tertiary/aromatic N) is 3. The fourth-order valence-corrected chi connectivity index (χ4v) is 2.89. The van der Waals surface area contributed by atoms with E-state index in [4.69, 9.17) is 23.2 Å². The Hall–Kier alpha value is -1.45. The number of hydrogen-bond donors (Lipinski definition) is 0. The molecular weight excluding hydrogens is 281 g/mol. The van der Waals surface area contributed by atoms with E-state index in [1.165, 1.54) is 0 Å². The minimum atomic E-state index is 0.652. The molecule has 0 saturated carbocycles. The van der Waals surface area contributed by atoms with Gasteiger partial charge < -0.3 is 4.57 Å². The molecule has 2 heterocycles. The van der Waals surface area contributed by atoms with E-state index in [1.807, 2.05) is 37.0 Å². The number of benzene rings is 1. The van der Waals surface area contributed by atoms with Gasteiger partial charge in [0.2, 0.25) is 0 Å². The second-order valence-corrected chi connectivity index (χ2v) is 5.51. The van der Waals surface area contributed by atoms with Gasteiger partial charge in [0.25, 0.3) is 0 Å². The molecule has 3 rings (SSSR count). The molecule has 0 saturated heterocycles. The summed E-state index contributed by atoms with van der Waals surface area (Å²) in [6.07, 6.45) is 2.02. The summed E-state index contributed by atoms with van der Waals surface area (Å²) in [4.78, 5) is 0. The molecule has 0 atom stereocenters. The van der Waals surface area contributed by atoms with Gasteiger partial charge in [-0.25, -0.2) is 0 Å². The Morgan fingerprint density at radius 1 is 1.21 bits per heavy atom. The first-order valence-corrected chi connectivity index (χ1v) is 6.73. The molecule has 0 aliphatic heterocycles. The van der Waals surface area contributed by atoms with Crippen LogP contribution in [0.25, 0.3) is 10.9 Å². The van der Waals surface area contributed by atoms with Crippen LogP contribution in [0.2, 0.25) is 10.0 Å². The predicted molar refractivity (Wildman–Crippen MR) is 79.0 cm³/mol. The Bertz CT molecular complexity index is 755. The Labute approximate surface area is 121 Å². The van der Waals surface area contributed by atoms with Crippen LogP contribution in [0.5, 0.6) is 0 Å². The van der Waals surface area contributed by atoms with Crippen molar-refractivity contribution in [2.24, 2.45) is 7.05 Å². The number of fused-ring (bicyclic) bond motifs is 1. The van der Waals surface area contributed by atoms with Gasteiger partial charge in [-0.15, -0.1) is 0 Å². The van der Waals surface area contributed by atoms with Crippen molar-refractivity contribution in [1.82, 2.24) is 14.3 Å². The Balaban J connectivity index is 2.09. The molecule has 0 N–H and O–H groups in total. The van der Waals surface area contributed by atoms with Crippen LogP contribution in [0.4, 0.5) is 0 Å². The first-order chi connectivity index (χ1) is 9.04. The highest BCUT2D eigenvalue weighted by molar-refractivity contribution is 6.38. The van der Waals surface area contributed by atoms with Crippen LogP contribution in [0.15, 0.2) is 30.5 Å². The van der Waals surface area contributed by atoms with Crippen molar-refractivity contribution in [3.8, 4) is 0 Å². The predicted octanol–water partition coefficient (Wildman–Crippen LogP) is 4.04. The van der Waals surface area contributed by atoms with Crippen molar-refractivity contribution in [1.29, 1.82) is 0 Å². The Morgan fingerprint density at radius 2 is 2.00 bits per heavy atom. The highest BCUT2D eigenvalue weighted by Gasteiger charge is 2.09. The molecule has 1 aromatic carbocycles. The molecule has 0 unspecified atom stereocenters. The normalized spacial score (nSPS) is 11.4. The summed E-state index contributed by atoms with van der Waals surface area (Å²) in [6.45, 7) is 2.74. The minimum Gasteiger partial charge on any atom is -0.341 e. The topological polar surface area (TPSA) is 22.8 Å². The quantitative estimate of drug-likeness (QED) is 0.699. The number of halogens is 2. The van der Waals surface area contributed by atoms with Crippen LogP contribution >= 0.6 is 23.2 Å². The SMILES string of the molecule is Cc1cc(Cn2ccc3c(Cl)cc(Cl)cc32)n(C)n1. The highest BCUT2D eigenvalue weighted by Crippen LogP contribution is 2.29. The van der Waals surface area contributed by atoms with Gasteiger partial charge in [-0.2, -0.15) is 5.10 Å². The summed E-state index contributed by atoms with van der Waals surface area (Å²) in [5, 5.41) is 6.71. The van der Waals surface area contributed by atoms with Crippen molar-refractivity contribution >= 4 is 34.1 Å². The second kappa shape index (κ2) is 4.58. The van der Waals surface area contributed by atoms with Gasteiger partial charge in [-0.3, -0.25) is 4.68 Å². The number of aryl methyl sites for hydroxylation is 2. The average Bonchev–Trinajstić information content (AvgIpc) is 2.84. The maximum absolute atomic E-state index is 6.20. The van der Waals surface area contributed by atoms with Crippen molar-refractivity contribution in [3.05, 3.63) is 51.9 Å². The van der Waals surface area contributed by atoms with E-state index in [2.05, 4.69) is 15.7 Å². The zero-order valence-corrected chi connectivity index (χ0v) is 12.2. The third kappa shape index (κ3) is 2.24. The van der Waals surface area contributed by atoms with Crippen LogP contribution in [0.3, 0.4) is 0 Å². The van der Waals surface area contributed by atoms with E-state index >= 15 is 0 Å². The lowest BCUT2D eigenvalue weighted by Gasteiger charge is -2.06. The lowest BCUT2D eigenvalue weighted by molar-refractivity contribution is 0.673. The zero-order chi connectivity index (χ0) is 13.6. The molecule has 2 aromatic heterocycles. The van der Waals surface area contributed by atoms with Crippen LogP contribution in [0, 0.1) is 6.92 Å². The van der Waals surface area contributed by atoms with E-state index in [0.29, 0.717) is 10.0 Å². The lowest BCUT2D eigenvalue weighted by atomic mass is 10.2. The summed E-state index contributed by atoms with van der Waals surface area (Å²) >= 11 is 12.3. The molecule has 0 aliphatic rings. The summed E-state index contributed by atoms with van der Waals surface area (Å²) in [5.41, 5.74) is 3.20. The van der Waals surface area contributed by atoms with Crippen LogP contribution < -0.4 is 0 Å². The molecule has 0 fully saturated rings. The maximum Gasteiger partial charge on any atom is 0.0645 e. The van der Waals surface area contributed by atoms with Gasteiger partial charge in [-0.1, -0.05) is 23.2 Å². The van der Waals surface area contributed by atoms with Gasteiger partial charge in [0, 0.05) is 23.7 Å². The van der Waals surface area contributed by atoms with E-state index in [1.54, 1.807) is 6.07 Å². The van der Waals surface area contributed by atoms with Crippen LogP contribution in [-0.4, -0.2) is 14.3 Å². The second-order valence-electron chi connectivity index (χ2n) is 4.66. The standard InChI is InChI=1S/C14H13Cl2N3/c1-9-5-11(18(2)17-9)8-19-4-3-12-13(16)6-10(15)7-14(12)19/h3-7H,8H2,1-2H3. The minimum absolute atomic E-state index is 0.652. The molecule has 0 spiro atoms. The Morgan fingerprint density at radius 3 is 2.68 bits per heavy atom. The summed E-state index contributed by atoms with van der Waals surface area (Å²) in [7, 11) is 1.95. The molecule has 19 heavy (non-hydrogen) atoms. The zero-order valence-electron chi connectivity index (χ0n) is 10.7. The largest absolute Gasteiger partial charge is 0.341 e. The molecule has 0 aliphatic carbocycles. The van der Waals surface area contributed by atoms with E-state index in [0.717, 1.165) is 28.8 Å². The van der Waals surface area contributed by atoms with Gasteiger partial charge in [0.15, 0.2) is 0 Å². The number of hydrogen-bond acceptors (Lipinski definition) is 1. The first-order valence-electron chi connectivity index (χ1n) is 5.98. The Kier molecular flexibility index (Phi) is 3.03. The molecule has 98 valence electrons.